The van der Waals surface area contributed by atoms with E-state index in [2.05, 4.69) is 14.9 Å². The maximum atomic E-state index is 12.5. The zero-order valence-electron chi connectivity index (χ0n) is 12.3. The molecule has 8 heteroatoms. The van der Waals surface area contributed by atoms with Gasteiger partial charge in [0.1, 0.15) is 4.90 Å². The van der Waals surface area contributed by atoms with Crippen molar-refractivity contribution in [3.8, 4) is 0 Å². The molecule has 2 aromatic rings. The summed E-state index contributed by atoms with van der Waals surface area (Å²) in [4.78, 5) is 0.226. The highest BCUT2D eigenvalue weighted by Crippen LogP contribution is 2.23. The number of rotatable bonds is 4. The van der Waals surface area contributed by atoms with Crippen molar-refractivity contribution in [2.75, 3.05) is 4.72 Å². The van der Waals surface area contributed by atoms with Gasteiger partial charge >= 0.3 is 0 Å². The number of hydrogen-bond donors (Lipinski definition) is 1. The molecule has 0 unspecified atom stereocenters. The monoisotopic (exact) mass is 297 g/mol. The number of anilines is 1. The second kappa shape index (κ2) is 4.93. The van der Waals surface area contributed by atoms with E-state index in [-0.39, 0.29) is 4.90 Å². The van der Waals surface area contributed by atoms with E-state index in [1.165, 1.54) is 0 Å². The Labute approximate surface area is 118 Å². The van der Waals surface area contributed by atoms with E-state index in [4.69, 9.17) is 0 Å². The fraction of sp³-hybridized carbons (Fsp3) is 0.500. The number of sulfonamides is 1. The predicted molar refractivity (Wildman–Crippen MR) is 76.1 cm³/mol. The fourth-order valence-electron chi connectivity index (χ4n) is 2.12. The molecule has 0 saturated heterocycles. The summed E-state index contributed by atoms with van der Waals surface area (Å²) >= 11 is 0. The first-order valence-corrected chi connectivity index (χ1v) is 7.81. The number of nitrogens with one attached hydrogen (secondary N) is 1. The average Bonchev–Trinajstić information content (AvgIpc) is 2.80. The van der Waals surface area contributed by atoms with Crippen LogP contribution in [0.2, 0.25) is 0 Å². The summed E-state index contributed by atoms with van der Waals surface area (Å²) in [5.74, 6) is 0. The van der Waals surface area contributed by atoms with Crippen molar-refractivity contribution in [3.63, 3.8) is 0 Å². The van der Waals surface area contributed by atoms with Gasteiger partial charge in [0, 0.05) is 19.8 Å². The Morgan fingerprint density at radius 2 is 1.85 bits per heavy atom. The third-order valence-electron chi connectivity index (χ3n) is 3.23. The van der Waals surface area contributed by atoms with Gasteiger partial charge in [0.05, 0.1) is 22.8 Å². The summed E-state index contributed by atoms with van der Waals surface area (Å²) in [6.07, 6.45) is 1.69. The van der Waals surface area contributed by atoms with Crippen molar-refractivity contribution in [1.29, 1.82) is 0 Å². The van der Waals surface area contributed by atoms with Crippen LogP contribution in [0.1, 0.15) is 24.0 Å². The molecule has 110 valence electrons. The van der Waals surface area contributed by atoms with Crippen LogP contribution in [0.5, 0.6) is 0 Å². The normalized spacial score (nSPS) is 11.8. The molecule has 0 saturated carbocycles. The van der Waals surface area contributed by atoms with Gasteiger partial charge in [-0.3, -0.25) is 14.1 Å². The molecule has 7 nitrogen and oxygen atoms in total. The molecule has 0 bridgehead atoms. The molecule has 0 spiro atoms. The van der Waals surface area contributed by atoms with Crippen molar-refractivity contribution >= 4 is 15.7 Å². The highest BCUT2D eigenvalue weighted by Gasteiger charge is 2.25. The largest absolute Gasteiger partial charge is 0.276 e. The van der Waals surface area contributed by atoms with Crippen LogP contribution in [0.4, 0.5) is 5.69 Å². The van der Waals surface area contributed by atoms with Gasteiger partial charge in [-0.05, 0) is 27.7 Å². The Bertz CT molecular complexity index is 742. The van der Waals surface area contributed by atoms with Gasteiger partial charge in [-0.25, -0.2) is 8.42 Å². The van der Waals surface area contributed by atoms with E-state index in [9.17, 15) is 8.42 Å². The van der Waals surface area contributed by atoms with Crippen LogP contribution in [0.3, 0.4) is 0 Å². The molecule has 2 rings (SSSR count). The van der Waals surface area contributed by atoms with Crippen molar-refractivity contribution in [3.05, 3.63) is 23.3 Å². The lowest BCUT2D eigenvalue weighted by Gasteiger charge is -2.07. The molecule has 2 aromatic heterocycles. The average molecular weight is 297 g/mol. The van der Waals surface area contributed by atoms with E-state index in [1.54, 1.807) is 43.4 Å². The van der Waals surface area contributed by atoms with Crippen molar-refractivity contribution < 1.29 is 8.42 Å². The number of aromatic nitrogens is 4. The molecular weight excluding hydrogens is 278 g/mol. The van der Waals surface area contributed by atoms with Crippen LogP contribution in [-0.2, 0) is 23.6 Å². The molecule has 1 N–H and O–H groups in total. The Morgan fingerprint density at radius 3 is 2.30 bits per heavy atom. The fourth-order valence-corrected chi connectivity index (χ4v) is 3.66. The van der Waals surface area contributed by atoms with E-state index >= 15 is 0 Å². The van der Waals surface area contributed by atoms with Crippen LogP contribution in [0, 0.1) is 20.8 Å². The zero-order chi connectivity index (χ0) is 15.1. The number of nitrogens with zero attached hydrogens (tertiary/aromatic N) is 4. The van der Waals surface area contributed by atoms with E-state index < -0.39 is 10.0 Å². The molecular formula is C12H19N5O2S. The second-order valence-electron chi connectivity index (χ2n) is 4.71. The molecule has 0 aliphatic heterocycles. The van der Waals surface area contributed by atoms with Crippen LogP contribution < -0.4 is 4.72 Å². The Hall–Kier alpha value is -1.83. The van der Waals surface area contributed by atoms with Crippen LogP contribution in [0.25, 0.3) is 0 Å². The quantitative estimate of drug-likeness (QED) is 0.924. The minimum atomic E-state index is -3.66. The molecule has 0 atom stereocenters. The molecule has 0 amide bonds. The summed E-state index contributed by atoms with van der Waals surface area (Å²) in [6, 6.07) is 0. The zero-order valence-corrected chi connectivity index (χ0v) is 13.1. The first-order valence-electron chi connectivity index (χ1n) is 6.33. The molecule has 0 fully saturated rings. The predicted octanol–water partition coefficient (Wildman–Crippen LogP) is 1.36. The van der Waals surface area contributed by atoms with Crippen molar-refractivity contribution in [2.24, 2.45) is 7.05 Å². The van der Waals surface area contributed by atoms with Gasteiger partial charge < -0.3 is 0 Å². The molecule has 2 heterocycles. The molecule has 0 radical (unpaired) electrons. The molecule has 0 aliphatic rings. The smallest absolute Gasteiger partial charge is 0.265 e. The summed E-state index contributed by atoms with van der Waals surface area (Å²) in [5.41, 5.74) is 2.23. The van der Waals surface area contributed by atoms with Crippen molar-refractivity contribution in [2.45, 2.75) is 39.1 Å². The standard InChI is InChI=1S/C12H19N5O2S/c1-6-17-7-11(8(2)14-17)15-20(18,19)12-9(3)13-16(5)10(12)4/h7,15H,6H2,1-5H3. The summed E-state index contributed by atoms with van der Waals surface area (Å²) in [7, 11) is -1.93. The molecule has 0 aliphatic carbocycles. The minimum absolute atomic E-state index is 0.226. The lowest BCUT2D eigenvalue weighted by molar-refractivity contribution is 0.599. The third kappa shape index (κ3) is 2.43. The van der Waals surface area contributed by atoms with Gasteiger partial charge in [-0.15, -0.1) is 0 Å². The summed E-state index contributed by atoms with van der Waals surface area (Å²) in [5, 5.41) is 8.36. The molecule has 0 aromatic carbocycles. The first kappa shape index (κ1) is 14.6. The lowest BCUT2D eigenvalue weighted by Crippen LogP contribution is -2.15. The highest BCUT2D eigenvalue weighted by atomic mass is 32.2. The van der Waals surface area contributed by atoms with Gasteiger partial charge in [0.2, 0.25) is 0 Å². The first-order chi connectivity index (χ1) is 9.26. The van der Waals surface area contributed by atoms with Crippen molar-refractivity contribution in [1.82, 2.24) is 19.6 Å². The summed E-state index contributed by atoms with van der Waals surface area (Å²) in [6.45, 7) is 7.82. The number of hydrogen-bond acceptors (Lipinski definition) is 4. The van der Waals surface area contributed by atoms with Crippen LogP contribution in [-0.4, -0.2) is 28.0 Å². The van der Waals surface area contributed by atoms with E-state index in [1.807, 2.05) is 6.92 Å². The van der Waals surface area contributed by atoms with Gasteiger partial charge in [-0.1, -0.05) is 0 Å². The highest BCUT2D eigenvalue weighted by molar-refractivity contribution is 7.92. The maximum absolute atomic E-state index is 12.5. The topological polar surface area (TPSA) is 81.8 Å². The maximum Gasteiger partial charge on any atom is 0.265 e. The van der Waals surface area contributed by atoms with Gasteiger partial charge in [-0.2, -0.15) is 10.2 Å². The van der Waals surface area contributed by atoms with Gasteiger partial charge in [0.15, 0.2) is 0 Å². The van der Waals surface area contributed by atoms with Crippen LogP contribution >= 0.6 is 0 Å². The van der Waals surface area contributed by atoms with Gasteiger partial charge in [0.25, 0.3) is 10.0 Å². The molecule has 20 heavy (non-hydrogen) atoms. The Kier molecular flexibility index (Phi) is 3.59. The van der Waals surface area contributed by atoms with E-state index in [0.717, 1.165) is 0 Å². The number of aryl methyl sites for hydroxylation is 4. The third-order valence-corrected chi connectivity index (χ3v) is 4.84. The Balaban J connectivity index is 2.43. The van der Waals surface area contributed by atoms with E-state index in [0.29, 0.717) is 29.3 Å². The second-order valence-corrected chi connectivity index (χ2v) is 6.33. The minimum Gasteiger partial charge on any atom is -0.276 e. The Morgan fingerprint density at radius 1 is 1.20 bits per heavy atom. The summed E-state index contributed by atoms with van der Waals surface area (Å²) < 4.78 is 30.9. The lowest BCUT2D eigenvalue weighted by atomic mass is 10.4. The van der Waals surface area contributed by atoms with Crippen LogP contribution in [0.15, 0.2) is 11.1 Å². The SMILES string of the molecule is CCn1cc(NS(=O)(=O)c2c(C)nn(C)c2C)c(C)n1.